The number of hydrazone groups is 1. The number of nitriles is 1. The average Bonchev–Trinajstić information content (AvgIpc) is 3.40. The zero-order valence-electron chi connectivity index (χ0n) is 17.6. The molecule has 2 aromatic heterocycles. The SMILES string of the molecule is Cc1ccc(-c2nn(-c3ccccc3)cc2/C=N/Nc2oc(C(C)C)nc2C#N)cc1. The number of rotatable bonds is 6. The molecule has 0 saturated carbocycles. The number of aromatic nitrogens is 3. The van der Waals surface area contributed by atoms with Crippen molar-refractivity contribution in [1.82, 2.24) is 14.8 Å². The fourth-order valence-corrected chi connectivity index (χ4v) is 3.03. The van der Waals surface area contributed by atoms with Gasteiger partial charge in [-0.05, 0) is 19.1 Å². The first-order valence-electron chi connectivity index (χ1n) is 9.97. The number of aryl methyl sites for hydroxylation is 1. The Morgan fingerprint density at radius 2 is 1.87 bits per heavy atom. The van der Waals surface area contributed by atoms with Crippen LogP contribution in [0.1, 0.15) is 42.5 Å². The molecule has 1 N–H and O–H groups in total. The van der Waals surface area contributed by atoms with Crippen LogP contribution in [0.15, 0.2) is 70.3 Å². The standard InChI is InChI=1S/C24H22N6O/c1-16(2)23-27-21(13-25)24(31-23)28-26-14-19-15-30(20-7-5-4-6-8-20)29-22(19)18-11-9-17(3)10-12-18/h4-12,14-16,28H,1-3H3/b26-14+. The molecular weight excluding hydrogens is 388 g/mol. The topological polar surface area (TPSA) is 92.0 Å². The number of anilines is 1. The monoisotopic (exact) mass is 410 g/mol. The second kappa shape index (κ2) is 8.67. The predicted octanol–water partition coefficient (Wildman–Crippen LogP) is 5.28. The highest BCUT2D eigenvalue weighted by atomic mass is 16.4. The van der Waals surface area contributed by atoms with Gasteiger partial charge >= 0.3 is 0 Å². The third-order valence-corrected chi connectivity index (χ3v) is 4.70. The molecule has 0 radical (unpaired) electrons. The first-order chi connectivity index (χ1) is 15.0. The van der Waals surface area contributed by atoms with E-state index >= 15 is 0 Å². The molecule has 31 heavy (non-hydrogen) atoms. The van der Waals surface area contributed by atoms with E-state index in [0.717, 1.165) is 22.5 Å². The molecule has 0 aliphatic carbocycles. The lowest BCUT2D eigenvalue weighted by molar-refractivity contribution is 0.481. The fraction of sp³-hybridized carbons (Fsp3) is 0.167. The van der Waals surface area contributed by atoms with Gasteiger partial charge in [-0.1, -0.05) is 61.9 Å². The van der Waals surface area contributed by atoms with Crippen LogP contribution in [-0.2, 0) is 0 Å². The third kappa shape index (κ3) is 4.38. The summed E-state index contributed by atoms with van der Waals surface area (Å²) < 4.78 is 7.45. The van der Waals surface area contributed by atoms with Crippen molar-refractivity contribution < 1.29 is 4.42 Å². The molecule has 0 aliphatic rings. The molecule has 0 atom stereocenters. The first kappa shape index (κ1) is 20.1. The maximum Gasteiger partial charge on any atom is 0.252 e. The predicted molar refractivity (Wildman–Crippen MR) is 120 cm³/mol. The zero-order chi connectivity index (χ0) is 21.8. The smallest absolute Gasteiger partial charge is 0.252 e. The summed E-state index contributed by atoms with van der Waals surface area (Å²) in [5, 5.41) is 18.4. The van der Waals surface area contributed by atoms with Gasteiger partial charge in [0, 0.05) is 23.2 Å². The molecule has 0 aliphatic heterocycles. The van der Waals surface area contributed by atoms with Crippen molar-refractivity contribution in [2.45, 2.75) is 26.7 Å². The van der Waals surface area contributed by atoms with Crippen LogP contribution in [-0.4, -0.2) is 21.0 Å². The summed E-state index contributed by atoms with van der Waals surface area (Å²) in [6, 6.07) is 20.1. The summed E-state index contributed by atoms with van der Waals surface area (Å²) in [4.78, 5) is 4.19. The van der Waals surface area contributed by atoms with Crippen LogP contribution in [0, 0.1) is 18.3 Å². The molecule has 0 fully saturated rings. The van der Waals surface area contributed by atoms with E-state index in [9.17, 15) is 5.26 Å². The van der Waals surface area contributed by atoms with Crippen molar-refractivity contribution in [3.63, 3.8) is 0 Å². The Hall–Kier alpha value is -4.18. The fourth-order valence-electron chi connectivity index (χ4n) is 3.03. The van der Waals surface area contributed by atoms with E-state index in [1.807, 2.05) is 80.2 Å². The molecule has 0 spiro atoms. The van der Waals surface area contributed by atoms with E-state index in [1.54, 1.807) is 6.21 Å². The molecule has 7 nitrogen and oxygen atoms in total. The van der Waals surface area contributed by atoms with Gasteiger partial charge in [0.2, 0.25) is 11.6 Å². The van der Waals surface area contributed by atoms with Gasteiger partial charge in [0.25, 0.3) is 5.88 Å². The largest absolute Gasteiger partial charge is 0.422 e. The van der Waals surface area contributed by atoms with E-state index in [0.29, 0.717) is 5.89 Å². The minimum Gasteiger partial charge on any atom is -0.422 e. The molecule has 4 aromatic rings. The highest BCUT2D eigenvalue weighted by molar-refractivity contribution is 5.89. The first-order valence-corrected chi connectivity index (χ1v) is 9.97. The molecule has 154 valence electrons. The highest BCUT2D eigenvalue weighted by Crippen LogP contribution is 2.24. The van der Waals surface area contributed by atoms with Gasteiger partial charge < -0.3 is 4.42 Å². The van der Waals surface area contributed by atoms with Crippen molar-refractivity contribution in [1.29, 1.82) is 5.26 Å². The van der Waals surface area contributed by atoms with Crippen LogP contribution < -0.4 is 5.43 Å². The van der Waals surface area contributed by atoms with Gasteiger partial charge in [0.15, 0.2) is 0 Å². The Morgan fingerprint density at radius 3 is 2.55 bits per heavy atom. The van der Waals surface area contributed by atoms with Gasteiger partial charge in [0.1, 0.15) is 11.8 Å². The molecule has 0 bridgehead atoms. The van der Waals surface area contributed by atoms with Crippen LogP contribution in [0.4, 0.5) is 5.88 Å². The van der Waals surface area contributed by atoms with Crippen LogP contribution >= 0.6 is 0 Å². The van der Waals surface area contributed by atoms with Crippen LogP contribution in [0.5, 0.6) is 0 Å². The van der Waals surface area contributed by atoms with Crippen LogP contribution in [0.3, 0.4) is 0 Å². The number of para-hydroxylation sites is 1. The van der Waals surface area contributed by atoms with Gasteiger partial charge in [-0.3, -0.25) is 0 Å². The summed E-state index contributed by atoms with van der Waals surface area (Å²) in [6.07, 6.45) is 3.58. The normalized spacial score (nSPS) is 11.2. The van der Waals surface area contributed by atoms with E-state index in [4.69, 9.17) is 9.52 Å². The van der Waals surface area contributed by atoms with E-state index in [2.05, 4.69) is 27.6 Å². The van der Waals surface area contributed by atoms with E-state index < -0.39 is 0 Å². The van der Waals surface area contributed by atoms with Gasteiger partial charge in [-0.25, -0.2) is 15.1 Å². The lowest BCUT2D eigenvalue weighted by Gasteiger charge is -2.01. The van der Waals surface area contributed by atoms with Crippen molar-refractivity contribution in [3.05, 3.63) is 83.5 Å². The highest BCUT2D eigenvalue weighted by Gasteiger charge is 2.15. The minimum atomic E-state index is 0.0730. The molecule has 4 rings (SSSR count). The maximum atomic E-state index is 9.30. The quantitative estimate of drug-likeness (QED) is 0.345. The average molecular weight is 410 g/mol. The maximum absolute atomic E-state index is 9.30. The molecule has 0 saturated heterocycles. The van der Waals surface area contributed by atoms with Gasteiger partial charge in [-0.2, -0.15) is 15.5 Å². The third-order valence-electron chi connectivity index (χ3n) is 4.70. The Morgan fingerprint density at radius 1 is 1.13 bits per heavy atom. The lowest BCUT2D eigenvalue weighted by Crippen LogP contribution is -1.93. The lowest BCUT2D eigenvalue weighted by atomic mass is 10.1. The van der Waals surface area contributed by atoms with E-state index in [1.165, 1.54) is 5.56 Å². The van der Waals surface area contributed by atoms with Crippen molar-refractivity contribution in [2.75, 3.05) is 5.43 Å². The number of benzene rings is 2. The number of nitrogens with one attached hydrogen (secondary N) is 1. The summed E-state index contributed by atoms with van der Waals surface area (Å²) in [7, 11) is 0. The molecule has 0 amide bonds. The summed E-state index contributed by atoms with van der Waals surface area (Å²) in [6.45, 7) is 5.95. The molecular formula is C24H22N6O. The Kier molecular flexibility index (Phi) is 5.63. The van der Waals surface area contributed by atoms with Crippen molar-refractivity contribution in [2.24, 2.45) is 5.10 Å². The second-order valence-corrected chi connectivity index (χ2v) is 7.45. The summed E-state index contributed by atoms with van der Waals surface area (Å²) >= 11 is 0. The van der Waals surface area contributed by atoms with Crippen molar-refractivity contribution >= 4 is 12.1 Å². The molecule has 2 heterocycles. The van der Waals surface area contributed by atoms with Crippen molar-refractivity contribution in [3.8, 4) is 23.0 Å². The minimum absolute atomic E-state index is 0.0730. The summed E-state index contributed by atoms with van der Waals surface area (Å²) in [5.41, 5.74) is 7.73. The van der Waals surface area contributed by atoms with Crippen LogP contribution in [0.25, 0.3) is 16.9 Å². The van der Waals surface area contributed by atoms with Gasteiger partial charge in [0.05, 0.1) is 11.9 Å². The number of hydrogen-bond acceptors (Lipinski definition) is 6. The molecule has 7 heteroatoms. The molecule has 2 aromatic carbocycles. The Labute approximate surface area is 180 Å². The Bertz CT molecular complexity index is 1240. The Balaban J connectivity index is 1.68. The van der Waals surface area contributed by atoms with Gasteiger partial charge in [-0.15, -0.1) is 0 Å². The second-order valence-electron chi connectivity index (χ2n) is 7.45. The molecule has 0 unspecified atom stereocenters. The number of oxazole rings is 1. The number of hydrogen-bond donors (Lipinski definition) is 1. The summed E-state index contributed by atoms with van der Waals surface area (Å²) in [5.74, 6) is 0.796. The van der Waals surface area contributed by atoms with Crippen LogP contribution in [0.2, 0.25) is 0 Å². The number of nitrogens with zero attached hydrogens (tertiary/aromatic N) is 5. The van der Waals surface area contributed by atoms with E-state index in [-0.39, 0.29) is 17.5 Å². The zero-order valence-corrected chi connectivity index (χ0v) is 17.6.